The Bertz CT molecular complexity index is 796. The number of anilines is 1. The van der Waals surface area contributed by atoms with E-state index in [1.165, 1.54) is 13.2 Å². The maximum Gasteiger partial charge on any atom is 0.295 e. The molecular formula is C17H21FN4O4. The van der Waals surface area contributed by atoms with Crippen molar-refractivity contribution < 1.29 is 18.6 Å². The Balaban J connectivity index is 1.74. The number of halogens is 1. The molecule has 1 aliphatic rings. The van der Waals surface area contributed by atoms with Crippen LogP contribution in [0.1, 0.15) is 17.0 Å². The van der Waals surface area contributed by atoms with Crippen molar-refractivity contribution in [1.82, 2.24) is 10.1 Å². The van der Waals surface area contributed by atoms with Crippen LogP contribution in [0.2, 0.25) is 0 Å². The van der Waals surface area contributed by atoms with Gasteiger partial charge in [-0.05, 0) is 13.8 Å². The van der Waals surface area contributed by atoms with E-state index in [1.807, 2.05) is 18.7 Å². The molecule has 2 aromatic rings. The summed E-state index contributed by atoms with van der Waals surface area (Å²) in [6, 6.07) is 2.32. The molecule has 140 valence electrons. The molecule has 0 aliphatic carbocycles. The number of aryl methyl sites for hydroxylation is 2. The summed E-state index contributed by atoms with van der Waals surface area (Å²) in [7, 11) is 1.34. The fourth-order valence-corrected chi connectivity index (χ4v) is 3.19. The Morgan fingerprint density at radius 2 is 2.00 bits per heavy atom. The van der Waals surface area contributed by atoms with Crippen LogP contribution in [0, 0.1) is 29.8 Å². The van der Waals surface area contributed by atoms with Crippen LogP contribution in [0.5, 0.6) is 5.75 Å². The van der Waals surface area contributed by atoms with Crippen molar-refractivity contribution in [1.29, 1.82) is 0 Å². The molecule has 0 spiro atoms. The average molecular weight is 364 g/mol. The Hall–Kier alpha value is -2.68. The van der Waals surface area contributed by atoms with Crippen molar-refractivity contribution in [2.45, 2.75) is 20.4 Å². The normalized spacial score (nSPS) is 15.3. The van der Waals surface area contributed by atoms with Crippen molar-refractivity contribution in [2.75, 3.05) is 38.2 Å². The van der Waals surface area contributed by atoms with Gasteiger partial charge in [-0.25, -0.2) is 4.39 Å². The van der Waals surface area contributed by atoms with Gasteiger partial charge in [-0.2, -0.15) is 0 Å². The highest BCUT2D eigenvalue weighted by Crippen LogP contribution is 2.35. The molecule has 26 heavy (non-hydrogen) atoms. The summed E-state index contributed by atoms with van der Waals surface area (Å²) in [6.07, 6.45) is 0. The second-order valence-corrected chi connectivity index (χ2v) is 6.30. The Kier molecular flexibility index (Phi) is 5.08. The number of nitro benzene ring substituents is 1. The lowest BCUT2D eigenvalue weighted by atomic mass is 10.1. The van der Waals surface area contributed by atoms with Gasteiger partial charge in [-0.1, -0.05) is 5.16 Å². The van der Waals surface area contributed by atoms with Crippen molar-refractivity contribution in [3.05, 3.63) is 45.1 Å². The van der Waals surface area contributed by atoms with Crippen molar-refractivity contribution in [3.8, 4) is 5.75 Å². The third-order valence-corrected chi connectivity index (χ3v) is 4.72. The van der Waals surface area contributed by atoms with Gasteiger partial charge in [0, 0.05) is 44.4 Å². The third kappa shape index (κ3) is 3.48. The lowest BCUT2D eigenvalue weighted by molar-refractivity contribution is -0.384. The predicted molar refractivity (Wildman–Crippen MR) is 93.1 cm³/mol. The molecule has 1 fully saturated rings. The van der Waals surface area contributed by atoms with E-state index in [4.69, 9.17) is 9.26 Å². The zero-order chi connectivity index (χ0) is 18.8. The largest absolute Gasteiger partial charge is 0.494 e. The molecule has 0 radical (unpaired) electrons. The van der Waals surface area contributed by atoms with Gasteiger partial charge < -0.3 is 14.2 Å². The summed E-state index contributed by atoms with van der Waals surface area (Å²) >= 11 is 0. The topological polar surface area (TPSA) is 84.9 Å². The molecule has 0 N–H and O–H groups in total. The monoisotopic (exact) mass is 364 g/mol. The molecule has 1 aromatic heterocycles. The number of ether oxygens (including phenoxy) is 1. The molecule has 0 bridgehead atoms. The third-order valence-electron chi connectivity index (χ3n) is 4.72. The van der Waals surface area contributed by atoms with E-state index in [-0.39, 0.29) is 11.4 Å². The maximum atomic E-state index is 13.8. The van der Waals surface area contributed by atoms with Gasteiger partial charge in [0.1, 0.15) is 11.4 Å². The van der Waals surface area contributed by atoms with Gasteiger partial charge in [-0.3, -0.25) is 15.0 Å². The summed E-state index contributed by atoms with van der Waals surface area (Å²) in [5.74, 6) is 0.0765. The lowest BCUT2D eigenvalue weighted by Crippen LogP contribution is -2.46. The smallest absolute Gasteiger partial charge is 0.295 e. The van der Waals surface area contributed by atoms with Crippen LogP contribution < -0.4 is 9.64 Å². The minimum Gasteiger partial charge on any atom is -0.494 e. The van der Waals surface area contributed by atoms with E-state index >= 15 is 0 Å². The molecule has 3 rings (SSSR count). The quantitative estimate of drug-likeness (QED) is 0.595. The van der Waals surface area contributed by atoms with E-state index in [1.54, 1.807) is 0 Å². The number of rotatable bonds is 5. The average Bonchev–Trinajstić information content (AvgIpc) is 2.94. The van der Waals surface area contributed by atoms with E-state index in [2.05, 4.69) is 10.1 Å². The summed E-state index contributed by atoms with van der Waals surface area (Å²) in [4.78, 5) is 14.9. The van der Waals surface area contributed by atoms with E-state index in [9.17, 15) is 14.5 Å². The molecule has 1 saturated heterocycles. The first-order chi connectivity index (χ1) is 12.4. The first kappa shape index (κ1) is 18.1. The lowest BCUT2D eigenvalue weighted by Gasteiger charge is -2.35. The predicted octanol–water partition coefficient (Wildman–Crippen LogP) is 2.67. The first-order valence-corrected chi connectivity index (χ1v) is 8.31. The number of nitro groups is 1. The summed E-state index contributed by atoms with van der Waals surface area (Å²) in [5.41, 5.74) is 2.09. The van der Waals surface area contributed by atoms with Gasteiger partial charge in [0.05, 0.1) is 23.8 Å². The first-order valence-electron chi connectivity index (χ1n) is 8.31. The minimum absolute atomic E-state index is 0.00347. The van der Waals surface area contributed by atoms with Gasteiger partial charge in [0.25, 0.3) is 5.69 Å². The van der Waals surface area contributed by atoms with Gasteiger partial charge in [0.15, 0.2) is 11.6 Å². The summed E-state index contributed by atoms with van der Waals surface area (Å²) < 4.78 is 24.0. The van der Waals surface area contributed by atoms with Gasteiger partial charge >= 0.3 is 0 Å². The van der Waals surface area contributed by atoms with Gasteiger partial charge in [-0.15, -0.1) is 0 Å². The highest BCUT2D eigenvalue weighted by molar-refractivity contribution is 5.66. The molecule has 0 amide bonds. The van der Waals surface area contributed by atoms with E-state index in [0.717, 1.165) is 42.7 Å². The molecule has 0 unspecified atom stereocenters. The van der Waals surface area contributed by atoms with Crippen LogP contribution in [0.3, 0.4) is 0 Å². The number of piperazine rings is 1. The van der Waals surface area contributed by atoms with Crippen LogP contribution >= 0.6 is 0 Å². The number of hydrogen-bond acceptors (Lipinski definition) is 7. The van der Waals surface area contributed by atoms with Gasteiger partial charge in [0.2, 0.25) is 0 Å². The fourth-order valence-electron chi connectivity index (χ4n) is 3.19. The number of nitrogens with zero attached hydrogens (tertiary/aromatic N) is 4. The standard InChI is InChI=1S/C17H21FN4O4/c1-11-13(12(2)26-19-11)10-20-4-6-21(7-5-20)15-9-17(25-3)14(18)8-16(15)22(23)24/h8-9H,4-7,10H2,1-3H3. The Labute approximate surface area is 150 Å². The molecule has 2 heterocycles. The van der Waals surface area contributed by atoms with Crippen LogP contribution in [0.25, 0.3) is 0 Å². The molecule has 1 aromatic carbocycles. The number of methoxy groups -OCH3 is 1. The minimum atomic E-state index is -0.736. The fraction of sp³-hybridized carbons (Fsp3) is 0.471. The molecule has 8 nitrogen and oxygen atoms in total. The maximum absolute atomic E-state index is 13.8. The second-order valence-electron chi connectivity index (χ2n) is 6.30. The summed E-state index contributed by atoms with van der Waals surface area (Å²) in [5, 5.41) is 15.3. The van der Waals surface area contributed by atoms with Crippen molar-refractivity contribution in [3.63, 3.8) is 0 Å². The number of benzene rings is 1. The Morgan fingerprint density at radius 1 is 1.31 bits per heavy atom. The molecule has 0 saturated carbocycles. The van der Waals surface area contributed by atoms with Crippen LogP contribution in [-0.2, 0) is 6.54 Å². The zero-order valence-electron chi connectivity index (χ0n) is 15.0. The van der Waals surface area contributed by atoms with Crippen LogP contribution in [0.4, 0.5) is 15.8 Å². The van der Waals surface area contributed by atoms with Crippen LogP contribution in [0.15, 0.2) is 16.7 Å². The zero-order valence-corrected chi connectivity index (χ0v) is 15.0. The second kappa shape index (κ2) is 7.28. The number of aromatic nitrogens is 1. The van der Waals surface area contributed by atoms with Crippen molar-refractivity contribution >= 4 is 11.4 Å². The molecule has 0 atom stereocenters. The summed E-state index contributed by atoms with van der Waals surface area (Å²) in [6.45, 7) is 7.17. The number of hydrogen-bond donors (Lipinski definition) is 0. The SMILES string of the molecule is COc1cc(N2CCN(Cc3c(C)noc3C)CC2)c([N+](=O)[O-])cc1F. The highest BCUT2D eigenvalue weighted by Gasteiger charge is 2.27. The molecular weight excluding hydrogens is 343 g/mol. The van der Waals surface area contributed by atoms with Crippen molar-refractivity contribution in [2.24, 2.45) is 0 Å². The van der Waals surface area contributed by atoms with E-state index < -0.39 is 10.7 Å². The van der Waals surface area contributed by atoms with Crippen LogP contribution in [-0.4, -0.2) is 48.3 Å². The Morgan fingerprint density at radius 3 is 2.54 bits per heavy atom. The van der Waals surface area contributed by atoms with E-state index in [0.29, 0.717) is 18.8 Å². The molecule has 1 aliphatic heterocycles. The molecule has 9 heteroatoms. The highest BCUT2D eigenvalue weighted by atomic mass is 19.1.